The van der Waals surface area contributed by atoms with Crippen LogP contribution in [0.5, 0.6) is 0 Å². The highest BCUT2D eigenvalue weighted by atomic mass is 16.1. The molecule has 0 aromatic rings. The predicted molar refractivity (Wildman–Crippen MR) is 46.6 cm³/mol. The van der Waals surface area contributed by atoms with Crippen molar-refractivity contribution in [1.82, 2.24) is 0 Å². The fourth-order valence-electron chi connectivity index (χ4n) is 1.12. The molecule has 0 N–H and O–H groups in total. The van der Waals surface area contributed by atoms with Gasteiger partial charge in [-0.2, -0.15) is 0 Å². The summed E-state index contributed by atoms with van der Waals surface area (Å²) in [7, 11) is 0. The smallest absolute Gasteiger partial charge is 0.116 e. The van der Waals surface area contributed by atoms with Crippen LogP contribution in [0.25, 0.3) is 11.1 Å². The third kappa shape index (κ3) is 1.48. The van der Waals surface area contributed by atoms with Crippen LogP contribution in [-0.4, -0.2) is 6.29 Å². The lowest BCUT2D eigenvalue weighted by Crippen LogP contribution is -1.65. The van der Waals surface area contributed by atoms with E-state index in [2.05, 4.69) is 26.0 Å². The lowest BCUT2D eigenvalue weighted by Gasteiger charge is -1.83. The Balaban J connectivity index is 0.000000179. The summed E-state index contributed by atoms with van der Waals surface area (Å²) in [6.45, 7) is 5.78. The molecular weight excluding hydrogens is 136 g/mol. The Bertz CT molecular complexity index is 287. The van der Waals surface area contributed by atoms with Crippen molar-refractivity contribution in [3.05, 3.63) is 23.3 Å². The summed E-state index contributed by atoms with van der Waals surface area (Å²) in [5.74, 6) is 0. The first-order chi connectivity index (χ1) is 5.20. The van der Waals surface area contributed by atoms with E-state index in [-0.39, 0.29) is 0 Å². The van der Waals surface area contributed by atoms with Crippen LogP contribution in [0.4, 0.5) is 0 Å². The molecule has 58 valence electrons. The Morgan fingerprint density at radius 1 is 1.27 bits per heavy atom. The second-order valence-electron chi connectivity index (χ2n) is 2.70. The Morgan fingerprint density at radius 2 is 1.82 bits per heavy atom. The highest BCUT2D eigenvalue weighted by Crippen LogP contribution is 2.40. The van der Waals surface area contributed by atoms with Gasteiger partial charge in [-0.3, -0.25) is 0 Å². The third-order valence-corrected chi connectivity index (χ3v) is 1.90. The molecule has 2 aliphatic rings. The summed E-state index contributed by atoms with van der Waals surface area (Å²) in [4.78, 5) is 8.81. The van der Waals surface area contributed by atoms with Gasteiger partial charge < -0.3 is 4.79 Å². The molecule has 0 aliphatic heterocycles. The summed E-state index contributed by atoms with van der Waals surface area (Å²) >= 11 is 0. The molecule has 0 amide bonds. The normalized spacial score (nSPS) is 9.73. The number of hydrogen-bond acceptors (Lipinski definition) is 1. The highest BCUT2D eigenvalue weighted by molar-refractivity contribution is 5.86. The molecular formula is C10H12O. The van der Waals surface area contributed by atoms with E-state index in [4.69, 9.17) is 4.79 Å². The Morgan fingerprint density at radius 3 is 2.00 bits per heavy atom. The number of fused-ring (bicyclic) bond motifs is 1. The summed E-state index contributed by atoms with van der Waals surface area (Å²) in [5.41, 5.74) is 5.86. The zero-order valence-corrected chi connectivity index (χ0v) is 7.14. The third-order valence-electron chi connectivity index (χ3n) is 1.90. The van der Waals surface area contributed by atoms with Gasteiger partial charge in [0.25, 0.3) is 0 Å². The van der Waals surface area contributed by atoms with Crippen molar-refractivity contribution in [2.75, 3.05) is 0 Å². The molecule has 0 bridgehead atoms. The maximum Gasteiger partial charge on any atom is 0.116 e. The summed E-state index contributed by atoms with van der Waals surface area (Å²) in [5, 5.41) is 0. The van der Waals surface area contributed by atoms with Gasteiger partial charge in [-0.25, -0.2) is 0 Å². The van der Waals surface area contributed by atoms with Crippen molar-refractivity contribution in [1.29, 1.82) is 0 Å². The van der Waals surface area contributed by atoms with E-state index in [1.165, 1.54) is 29.2 Å². The van der Waals surface area contributed by atoms with Crippen molar-refractivity contribution in [2.24, 2.45) is 0 Å². The molecule has 1 heteroatoms. The van der Waals surface area contributed by atoms with Crippen LogP contribution in [0.2, 0.25) is 0 Å². The number of aldehydes is 1. The number of carbonyl (C=O) groups is 1. The number of carbonyl (C=O) groups excluding carboxylic acids is 1. The lowest BCUT2D eigenvalue weighted by atomic mass is 10.2. The molecule has 1 nitrogen and oxygen atoms in total. The van der Waals surface area contributed by atoms with E-state index >= 15 is 0 Å². The minimum Gasteiger partial charge on any atom is -0.304 e. The maximum absolute atomic E-state index is 8.81. The number of aryl methyl sites for hydroxylation is 1. The number of benzene rings is 1. The minimum atomic E-state index is 0.750. The Labute approximate surface area is 67.1 Å². The van der Waals surface area contributed by atoms with Crippen LogP contribution in [-0.2, 0) is 4.79 Å². The standard InChI is InChI=1S/C8H8.C2H4O/c1-5-3-7-4-8(7)6(5)2;1-2-3/h3-4H,1-2H3;2H,1H3. The molecule has 0 saturated heterocycles. The van der Waals surface area contributed by atoms with Crippen molar-refractivity contribution >= 4 is 6.29 Å². The van der Waals surface area contributed by atoms with Crippen LogP contribution in [0.15, 0.2) is 12.1 Å². The van der Waals surface area contributed by atoms with Gasteiger partial charge in [0, 0.05) is 0 Å². The topological polar surface area (TPSA) is 17.1 Å². The summed E-state index contributed by atoms with van der Waals surface area (Å²) in [6, 6.07) is 4.47. The van der Waals surface area contributed by atoms with Crippen molar-refractivity contribution < 1.29 is 4.79 Å². The van der Waals surface area contributed by atoms with Gasteiger partial charge in [-0.1, -0.05) is 6.07 Å². The van der Waals surface area contributed by atoms with Crippen molar-refractivity contribution in [3.8, 4) is 11.1 Å². The van der Waals surface area contributed by atoms with Crippen LogP contribution in [0.1, 0.15) is 18.1 Å². The van der Waals surface area contributed by atoms with E-state index in [1.54, 1.807) is 0 Å². The molecule has 0 fully saturated rings. The first-order valence-corrected chi connectivity index (χ1v) is 3.72. The van der Waals surface area contributed by atoms with E-state index in [0.29, 0.717) is 0 Å². The fraction of sp³-hybridized carbons (Fsp3) is 0.300. The quantitative estimate of drug-likeness (QED) is 0.524. The molecule has 0 heterocycles. The van der Waals surface area contributed by atoms with Gasteiger partial charge in [-0.05, 0) is 49.1 Å². The van der Waals surface area contributed by atoms with Crippen LogP contribution >= 0.6 is 0 Å². The first kappa shape index (κ1) is 7.99. The molecule has 0 atom stereocenters. The summed E-state index contributed by atoms with van der Waals surface area (Å²) < 4.78 is 0. The Kier molecular flexibility index (Phi) is 2.08. The van der Waals surface area contributed by atoms with Crippen LogP contribution < -0.4 is 0 Å². The molecule has 2 rings (SSSR count). The van der Waals surface area contributed by atoms with Gasteiger partial charge in [-0.15, -0.1) is 0 Å². The predicted octanol–water partition coefficient (Wildman–Crippen LogP) is 2.49. The van der Waals surface area contributed by atoms with Gasteiger partial charge in [0.1, 0.15) is 6.29 Å². The molecule has 0 spiro atoms. The highest BCUT2D eigenvalue weighted by Gasteiger charge is 2.16. The van der Waals surface area contributed by atoms with Gasteiger partial charge in [0.05, 0.1) is 0 Å². The molecule has 2 aliphatic carbocycles. The fourth-order valence-corrected chi connectivity index (χ4v) is 1.12. The van der Waals surface area contributed by atoms with E-state index in [1.807, 2.05) is 0 Å². The van der Waals surface area contributed by atoms with Crippen LogP contribution in [0, 0.1) is 13.8 Å². The van der Waals surface area contributed by atoms with E-state index < -0.39 is 0 Å². The SMILES string of the molecule is CC=O.Cc1cc2cc-2c1C. The van der Waals surface area contributed by atoms with Crippen molar-refractivity contribution in [2.45, 2.75) is 20.8 Å². The summed E-state index contributed by atoms with van der Waals surface area (Å²) in [6.07, 6.45) is 0.750. The minimum absolute atomic E-state index is 0.750. The monoisotopic (exact) mass is 148 g/mol. The largest absolute Gasteiger partial charge is 0.304 e. The second-order valence-corrected chi connectivity index (χ2v) is 2.70. The Hall–Kier alpha value is -1.11. The molecule has 0 saturated carbocycles. The van der Waals surface area contributed by atoms with Gasteiger partial charge in [0.2, 0.25) is 0 Å². The van der Waals surface area contributed by atoms with E-state index in [9.17, 15) is 0 Å². The molecule has 0 radical (unpaired) electrons. The zero-order valence-electron chi connectivity index (χ0n) is 7.14. The molecule has 0 aromatic carbocycles. The average Bonchev–Trinajstić information content (AvgIpc) is 2.62. The second kappa shape index (κ2) is 2.87. The van der Waals surface area contributed by atoms with Gasteiger partial charge in [0.15, 0.2) is 0 Å². The molecule has 0 unspecified atom stereocenters. The van der Waals surface area contributed by atoms with Crippen LogP contribution in [0.3, 0.4) is 0 Å². The molecule has 11 heavy (non-hydrogen) atoms. The van der Waals surface area contributed by atoms with E-state index in [0.717, 1.165) is 6.29 Å². The maximum atomic E-state index is 8.81. The number of hydrogen-bond donors (Lipinski definition) is 0. The number of rotatable bonds is 0. The van der Waals surface area contributed by atoms with Crippen molar-refractivity contribution in [3.63, 3.8) is 0 Å². The molecule has 0 aromatic heterocycles. The zero-order chi connectivity index (χ0) is 8.43. The first-order valence-electron chi connectivity index (χ1n) is 3.72. The van der Waals surface area contributed by atoms with Gasteiger partial charge >= 0.3 is 0 Å². The lowest BCUT2D eigenvalue weighted by molar-refractivity contribution is -0.106. The average molecular weight is 148 g/mol.